The number of hydrogen-bond donors (Lipinski definition) is 6. The maximum atomic E-state index is 12.0. The predicted molar refractivity (Wildman–Crippen MR) is 247 cm³/mol. The van der Waals surface area contributed by atoms with Crippen LogP contribution in [0, 0.1) is 0 Å². The fraction of sp³-hybridized carbons (Fsp3) is 0. The Morgan fingerprint density at radius 2 is 0.492 bits per heavy atom. The van der Waals surface area contributed by atoms with Crippen LogP contribution in [-0.2, 0) is 40.5 Å². The second-order valence-electron chi connectivity index (χ2n) is 14.5. The van der Waals surface area contributed by atoms with Crippen molar-refractivity contribution < 1.29 is 51.9 Å². The van der Waals surface area contributed by atoms with Gasteiger partial charge in [0.25, 0.3) is 40.5 Å². The summed E-state index contributed by atoms with van der Waals surface area (Å²) in [5, 5.41) is 0. The van der Waals surface area contributed by atoms with E-state index in [2.05, 4.69) is 9.97 Å². The number of nitrogens with one attached hydrogen (secondary N) is 2. The van der Waals surface area contributed by atoms with Crippen molar-refractivity contribution in [1.82, 2.24) is 19.9 Å². The number of H-pyrrole nitrogens is 2. The molecule has 3 aromatic heterocycles. The largest absolute Gasteiger partial charge is 0.354 e. The maximum absolute atomic E-state index is 12.0. The van der Waals surface area contributed by atoms with Crippen LogP contribution in [0.3, 0.4) is 0 Å². The quantitative estimate of drug-likeness (QED) is 0.0777. The van der Waals surface area contributed by atoms with Crippen LogP contribution < -0.4 is 0 Å². The molecule has 6 N–H and O–H groups in total. The maximum Gasteiger partial charge on any atom is 0.294 e. The minimum atomic E-state index is -4.55. The van der Waals surface area contributed by atoms with Gasteiger partial charge in [-0.15, -0.1) is 12.4 Å². The molecule has 8 bridgehead atoms. The Morgan fingerprint density at radius 1 is 0.308 bits per heavy atom. The van der Waals surface area contributed by atoms with Gasteiger partial charge in [0.15, 0.2) is 0 Å². The van der Waals surface area contributed by atoms with Crippen molar-refractivity contribution in [2.24, 2.45) is 0 Å². The van der Waals surface area contributed by atoms with E-state index in [-0.39, 0.29) is 32.0 Å². The van der Waals surface area contributed by atoms with E-state index in [9.17, 15) is 51.9 Å². The van der Waals surface area contributed by atoms with Crippen molar-refractivity contribution in [3.05, 3.63) is 144 Å². The lowest BCUT2D eigenvalue weighted by molar-refractivity contribution is 0.481. The smallest absolute Gasteiger partial charge is 0.294 e. The number of halogens is 1. The highest BCUT2D eigenvalue weighted by molar-refractivity contribution is 7.86. The molecule has 330 valence electrons. The summed E-state index contributed by atoms with van der Waals surface area (Å²) in [6.45, 7) is 0. The molecule has 0 aliphatic carbocycles. The standard InChI is InChI=1S/C44H30N4O12S4.ClH/c49-61(50,51)29-9-1-25(2-10-29)41-33-17-19-35(45-33)42(26-3-11-30(12-4-26)62(52,53)54)37-21-23-39(47-37)44(28-7-15-32(16-8-28)64(58,59)60)40-24-22-38(48-40)43(36-20-18-34(41)46-36)27-5-13-31(14-6-27)63(55,56)57;/h1-24,45,48H,(H,49,50,51)(H,52,53,54)(H,55,56,57)(H,58,59,60);1H. The molecule has 2 aliphatic rings. The van der Waals surface area contributed by atoms with Gasteiger partial charge in [0, 0.05) is 44.3 Å². The van der Waals surface area contributed by atoms with Crippen molar-refractivity contribution in [3.8, 4) is 44.5 Å². The number of fused-ring (bicyclic) bond motifs is 8. The highest BCUT2D eigenvalue weighted by Crippen LogP contribution is 2.39. The monoisotopic (exact) mass is 970 g/mol. The van der Waals surface area contributed by atoms with Crippen LogP contribution >= 0.6 is 12.4 Å². The molecule has 0 amide bonds. The van der Waals surface area contributed by atoms with E-state index in [4.69, 9.17) is 9.97 Å². The second-order valence-corrected chi connectivity index (χ2v) is 20.2. The zero-order valence-corrected chi connectivity index (χ0v) is 36.9. The van der Waals surface area contributed by atoms with Crippen LogP contribution in [0.2, 0.25) is 0 Å². The van der Waals surface area contributed by atoms with Gasteiger partial charge in [0.2, 0.25) is 0 Å². The molecule has 0 fully saturated rings. The molecular formula is C44H31ClN4O12S4. The molecule has 2 aliphatic heterocycles. The van der Waals surface area contributed by atoms with E-state index in [0.29, 0.717) is 89.4 Å². The van der Waals surface area contributed by atoms with Crippen molar-refractivity contribution in [3.63, 3.8) is 0 Å². The van der Waals surface area contributed by atoms with Gasteiger partial charge < -0.3 is 9.97 Å². The fourth-order valence-corrected chi connectivity index (χ4v) is 9.51. The normalized spacial score (nSPS) is 12.9. The topological polar surface area (TPSA) is 275 Å². The van der Waals surface area contributed by atoms with Gasteiger partial charge in [0.05, 0.1) is 42.4 Å². The zero-order valence-electron chi connectivity index (χ0n) is 32.8. The lowest BCUT2D eigenvalue weighted by Crippen LogP contribution is -1.98. The Morgan fingerprint density at radius 3 is 0.662 bits per heavy atom. The van der Waals surface area contributed by atoms with Gasteiger partial charge in [-0.05, 0) is 119 Å². The minimum absolute atomic E-state index is 0. The summed E-state index contributed by atoms with van der Waals surface area (Å²) < 4.78 is 135. The minimum Gasteiger partial charge on any atom is -0.354 e. The van der Waals surface area contributed by atoms with Gasteiger partial charge in [-0.2, -0.15) is 33.7 Å². The highest BCUT2D eigenvalue weighted by atomic mass is 35.5. The molecular weight excluding hydrogens is 940 g/mol. The van der Waals surface area contributed by atoms with Crippen LogP contribution in [0.1, 0.15) is 22.8 Å². The molecule has 21 heteroatoms. The first kappa shape index (κ1) is 45.0. The molecule has 4 aromatic carbocycles. The first-order chi connectivity index (χ1) is 30.2. The SMILES string of the molecule is Cl.O=S(=O)(O)c1ccc(-c2c3nc(c(-c4ccc(S(=O)(=O)O)cc4)c4ccc([nH]4)c(-c4ccc(S(=O)(=O)O)cc4)c4nc(c(-c5ccc(S(=O)(=O)O)cc5)c5ccc2[nH]5)C=C4)C=C3)cc1. The summed E-state index contributed by atoms with van der Waals surface area (Å²) in [7, 11) is -18.2. The Kier molecular flexibility index (Phi) is 11.4. The van der Waals surface area contributed by atoms with E-state index in [1.165, 1.54) is 97.1 Å². The molecule has 0 spiro atoms. The second kappa shape index (κ2) is 16.4. The summed E-state index contributed by atoms with van der Waals surface area (Å²) in [6, 6.07) is 29.0. The lowest BCUT2D eigenvalue weighted by atomic mass is 10.0. The molecule has 5 heterocycles. The third-order valence-corrected chi connectivity index (χ3v) is 14.0. The van der Waals surface area contributed by atoms with Crippen molar-refractivity contribution in [2.45, 2.75) is 19.6 Å². The first-order valence-electron chi connectivity index (χ1n) is 18.7. The van der Waals surface area contributed by atoms with Gasteiger partial charge in [-0.3, -0.25) is 18.2 Å². The van der Waals surface area contributed by atoms with Crippen LogP contribution in [-0.4, -0.2) is 71.8 Å². The van der Waals surface area contributed by atoms with Gasteiger partial charge in [-0.1, -0.05) is 48.5 Å². The van der Waals surface area contributed by atoms with Crippen LogP contribution in [0.15, 0.2) is 141 Å². The first-order valence-corrected chi connectivity index (χ1v) is 24.5. The summed E-state index contributed by atoms with van der Waals surface area (Å²) in [5.41, 5.74) is 7.41. The van der Waals surface area contributed by atoms with Crippen LogP contribution in [0.4, 0.5) is 0 Å². The van der Waals surface area contributed by atoms with Gasteiger partial charge >= 0.3 is 0 Å². The van der Waals surface area contributed by atoms with Crippen LogP contribution in [0.5, 0.6) is 0 Å². The number of rotatable bonds is 8. The molecule has 65 heavy (non-hydrogen) atoms. The van der Waals surface area contributed by atoms with Gasteiger partial charge in [-0.25, -0.2) is 9.97 Å². The van der Waals surface area contributed by atoms with Crippen LogP contribution in [0.25, 0.3) is 90.9 Å². The Bertz CT molecular complexity index is 3300. The Balaban J connectivity index is 0.00000576. The fourth-order valence-electron chi connectivity index (χ4n) is 7.59. The molecule has 7 aromatic rings. The Hall–Kier alpha value is -6.59. The molecule has 9 rings (SSSR count). The number of aromatic nitrogens is 4. The zero-order chi connectivity index (χ0) is 45.3. The molecule has 16 nitrogen and oxygen atoms in total. The van der Waals surface area contributed by atoms with E-state index in [1.807, 2.05) is 0 Å². The summed E-state index contributed by atoms with van der Waals surface area (Å²) in [5.74, 6) is 0. The average molecular weight is 971 g/mol. The highest BCUT2D eigenvalue weighted by Gasteiger charge is 2.21. The van der Waals surface area contributed by atoms with Crippen molar-refractivity contribution in [2.75, 3.05) is 0 Å². The predicted octanol–water partition coefficient (Wildman–Crippen LogP) is 8.73. The number of hydrogen-bond acceptors (Lipinski definition) is 10. The van der Waals surface area contributed by atoms with Gasteiger partial charge in [0.1, 0.15) is 0 Å². The third kappa shape index (κ3) is 8.81. The molecule has 0 saturated carbocycles. The van der Waals surface area contributed by atoms with E-state index in [1.54, 1.807) is 48.6 Å². The molecule has 0 atom stereocenters. The van der Waals surface area contributed by atoms with E-state index >= 15 is 0 Å². The lowest BCUT2D eigenvalue weighted by Gasteiger charge is -2.08. The summed E-state index contributed by atoms with van der Waals surface area (Å²) in [4.78, 5) is 15.6. The molecule has 0 saturated heterocycles. The number of nitrogens with zero attached hydrogens (tertiary/aromatic N) is 2. The Labute approximate surface area is 377 Å². The third-order valence-electron chi connectivity index (χ3n) is 10.5. The average Bonchev–Trinajstić information content (AvgIpc) is 4.08. The molecule has 0 unspecified atom stereocenters. The molecule has 0 radical (unpaired) electrons. The number of aromatic amines is 2. The summed E-state index contributed by atoms with van der Waals surface area (Å²) >= 11 is 0. The van der Waals surface area contributed by atoms with E-state index < -0.39 is 40.5 Å². The van der Waals surface area contributed by atoms with E-state index in [0.717, 1.165) is 0 Å². The van der Waals surface area contributed by atoms with Crippen molar-refractivity contribution in [1.29, 1.82) is 0 Å². The summed E-state index contributed by atoms with van der Waals surface area (Å²) in [6.07, 6.45) is 6.92. The van der Waals surface area contributed by atoms with Crippen molar-refractivity contribution >= 4 is 99.3 Å². The number of benzene rings is 4.